The van der Waals surface area contributed by atoms with E-state index in [0.29, 0.717) is 25.6 Å². The second-order valence-electron chi connectivity index (χ2n) is 6.91. The molecule has 1 fully saturated rings. The molecule has 3 rings (SSSR count). The Morgan fingerprint density at radius 2 is 2.00 bits per heavy atom. The average Bonchev–Trinajstić information content (AvgIpc) is 3.13. The van der Waals surface area contributed by atoms with E-state index in [4.69, 9.17) is 0 Å². The minimum Gasteiger partial charge on any atom is -0.352 e. The molecule has 0 atom stereocenters. The normalized spacial score (nSPS) is 18.6. The molecule has 0 spiro atoms. The number of aromatic nitrogens is 3. The summed E-state index contributed by atoms with van der Waals surface area (Å²) in [5.74, 6) is 0.862. The van der Waals surface area contributed by atoms with Gasteiger partial charge in [-0.05, 0) is 31.5 Å². The molecule has 1 N–H and O–H groups in total. The van der Waals surface area contributed by atoms with Crippen LogP contribution in [-0.2, 0) is 16.4 Å². The summed E-state index contributed by atoms with van der Waals surface area (Å²) in [6, 6.07) is 7.99. The predicted molar refractivity (Wildman–Crippen MR) is 116 cm³/mol. The second kappa shape index (κ2) is 8.55. The fourth-order valence-corrected chi connectivity index (χ4v) is 4.31. The monoisotopic (exact) mass is 504 g/mol. The van der Waals surface area contributed by atoms with Gasteiger partial charge in [-0.25, -0.2) is 18.1 Å². The molecule has 0 radical (unpaired) electrons. The van der Waals surface area contributed by atoms with E-state index in [1.165, 1.54) is 6.33 Å². The lowest BCUT2D eigenvalue weighted by molar-refractivity contribution is 0.353. The molecule has 0 unspecified atom stereocenters. The highest BCUT2D eigenvalue weighted by Crippen LogP contribution is 2.23. The number of rotatable bonds is 3. The number of nitrogens with zero attached hydrogens (tertiary/aromatic N) is 5. The number of hydrogen-bond donors (Lipinski definition) is 1. The summed E-state index contributed by atoms with van der Waals surface area (Å²) in [5.41, 5.74) is 2.04. The van der Waals surface area contributed by atoms with Gasteiger partial charge in [-0.3, -0.25) is 4.99 Å². The van der Waals surface area contributed by atoms with Crippen molar-refractivity contribution in [2.24, 2.45) is 4.99 Å². The number of benzene rings is 1. The maximum Gasteiger partial charge on any atom is 0.193 e. The Balaban J connectivity index is 0.00000261. The molecule has 1 aliphatic heterocycles. The van der Waals surface area contributed by atoms with Gasteiger partial charge >= 0.3 is 0 Å². The summed E-state index contributed by atoms with van der Waals surface area (Å²) in [6.07, 6.45) is 3.15. The van der Waals surface area contributed by atoms with Gasteiger partial charge in [-0.1, -0.05) is 12.1 Å². The molecule has 1 aromatic heterocycles. The lowest BCUT2D eigenvalue weighted by Gasteiger charge is -2.39. The highest BCUT2D eigenvalue weighted by Gasteiger charge is 2.40. The minimum absolute atomic E-state index is 0. The van der Waals surface area contributed by atoms with E-state index in [1.807, 2.05) is 29.2 Å². The third-order valence-electron chi connectivity index (χ3n) is 4.63. The molecule has 0 aliphatic carbocycles. The third kappa shape index (κ3) is 4.78. The van der Waals surface area contributed by atoms with Crippen LogP contribution >= 0.6 is 24.0 Å². The molecule has 10 heteroatoms. The first kappa shape index (κ1) is 21.6. The van der Waals surface area contributed by atoms with Crippen LogP contribution in [-0.4, -0.2) is 64.7 Å². The number of guanidine groups is 1. The van der Waals surface area contributed by atoms with Crippen molar-refractivity contribution in [1.29, 1.82) is 0 Å². The Labute approximate surface area is 177 Å². The van der Waals surface area contributed by atoms with Crippen molar-refractivity contribution in [3.8, 4) is 5.69 Å². The van der Waals surface area contributed by atoms with Gasteiger partial charge < -0.3 is 10.2 Å². The molecule has 1 aliphatic rings. The van der Waals surface area contributed by atoms with Gasteiger partial charge in [0.1, 0.15) is 12.7 Å². The van der Waals surface area contributed by atoms with Crippen LogP contribution in [0.15, 0.2) is 41.9 Å². The predicted octanol–water partition coefficient (Wildman–Crippen LogP) is 1.47. The van der Waals surface area contributed by atoms with E-state index in [-0.39, 0.29) is 29.7 Å². The Kier molecular flexibility index (Phi) is 6.84. The Morgan fingerprint density at radius 1 is 1.30 bits per heavy atom. The number of nitrogens with one attached hydrogen (secondary N) is 1. The molecule has 0 amide bonds. The van der Waals surface area contributed by atoms with Gasteiger partial charge in [-0.2, -0.15) is 5.10 Å². The van der Waals surface area contributed by atoms with E-state index in [9.17, 15) is 8.42 Å². The summed E-state index contributed by atoms with van der Waals surface area (Å²) in [7, 11) is -1.35. The summed E-state index contributed by atoms with van der Waals surface area (Å²) >= 11 is 0. The van der Waals surface area contributed by atoms with E-state index in [1.54, 1.807) is 31.9 Å². The van der Waals surface area contributed by atoms with Gasteiger partial charge in [0.15, 0.2) is 15.8 Å². The smallest absolute Gasteiger partial charge is 0.193 e. The van der Waals surface area contributed by atoms with Gasteiger partial charge in [0, 0.05) is 26.7 Å². The Bertz CT molecular complexity index is 879. The van der Waals surface area contributed by atoms with Gasteiger partial charge in [0.25, 0.3) is 0 Å². The van der Waals surface area contributed by atoms with Crippen molar-refractivity contribution in [2.75, 3.05) is 25.9 Å². The lowest BCUT2D eigenvalue weighted by atomic mass is 10.2. The SMILES string of the molecule is CN=C(NCc1ccc(-n2cncn2)cc1)N1CCS(=O)(=O)C(C)(C)C1.I. The Hall–Kier alpha value is -1.69. The first-order chi connectivity index (χ1) is 12.3. The largest absolute Gasteiger partial charge is 0.352 e. The van der Waals surface area contributed by atoms with Crippen LogP contribution in [0.5, 0.6) is 0 Å². The number of aliphatic imine (C=N–C) groups is 1. The number of halogens is 1. The number of hydrogen-bond acceptors (Lipinski definition) is 5. The maximum absolute atomic E-state index is 12.2. The molecule has 1 aromatic carbocycles. The highest BCUT2D eigenvalue weighted by molar-refractivity contribution is 14.0. The fourth-order valence-electron chi connectivity index (χ4n) is 2.95. The molecule has 2 heterocycles. The molecule has 0 saturated carbocycles. The topological polar surface area (TPSA) is 92.5 Å². The Morgan fingerprint density at radius 3 is 2.56 bits per heavy atom. The van der Waals surface area contributed by atoms with Crippen molar-refractivity contribution in [3.05, 3.63) is 42.5 Å². The summed E-state index contributed by atoms with van der Waals surface area (Å²) in [5, 5.41) is 7.43. The van der Waals surface area contributed by atoms with Gasteiger partial charge in [-0.15, -0.1) is 24.0 Å². The molecule has 148 valence electrons. The molecular formula is C17H25IN6O2S. The zero-order valence-electron chi connectivity index (χ0n) is 15.7. The lowest BCUT2D eigenvalue weighted by Crippen LogP contribution is -2.57. The standard InChI is InChI=1S/C17H24N6O2S.HI/c1-17(2)11-22(8-9-26(17,24)25)16(18-3)20-10-14-4-6-15(7-5-14)23-13-19-12-21-23;/h4-7,12-13H,8-11H2,1-3H3,(H,18,20);1H. The van der Waals surface area contributed by atoms with Crippen LogP contribution in [0.25, 0.3) is 5.69 Å². The molecule has 0 bridgehead atoms. The van der Waals surface area contributed by atoms with Gasteiger partial charge in [0.2, 0.25) is 0 Å². The van der Waals surface area contributed by atoms with E-state index in [0.717, 1.165) is 11.3 Å². The minimum atomic E-state index is -3.07. The maximum atomic E-state index is 12.2. The zero-order valence-corrected chi connectivity index (χ0v) is 18.8. The summed E-state index contributed by atoms with van der Waals surface area (Å²) in [6.45, 7) is 5.03. The second-order valence-corrected chi connectivity index (χ2v) is 9.65. The van der Waals surface area contributed by atoms with Crippen LogP contribution in [0.4, 0.5) is 0 Å². The fraction of sp³-hybridized carbons (Fsp3) is 0.471. The molecule has 8 nitrogen and oxygen atoms in total. The van der Waals surface area contributed by atoms with Gasteiger partial charge in [0.05, 0.1) is 16.2 Å². The van der Waals surface area contributed by atoms with Crippen LogP contribution in [0, 0.1) is 0 Å². The third-order valence-corrected chi connectivity index (χ3v) is 7.16. The summed E-state index contributed by atoms with van der Waals surface area (Å²) < 4.78 is 25.3. The molecule has 2 aromatic rings. The number of sulfone groups is 1. The van der Waals surface area contributed by atoms with Crippen LogP contribution < -0.4 is 5.32 Å². The quantitative estimate of drug-likeness (QED) is 0.387. The highest BCUT2D eigenvalue weighted by atomic mass is 127. The first-order valence-corrected chi connectivity index (χ1v) is 10.1. The van der Waals surface area contributed by atoms with Crippen molar-refractivity contribution >= 4 is 39.8 Å². The average molecular weight is 504 g/mol. The van der Waals surface area contributed by atoms with Crippen molar-refractivity contribution < 1.29 is 8.42 Å². The van der Waals surface area contributed by atoms with E-state index >= 15 is 0 Å². The van der Waals surface area contributed by atoms with Crippen molar-refractivity contribution in [3.63, 3.8) is 0 Å². The van der Waals surface area contributed by atoms with Crippen LogP contribution in [0.2, 0.25) is 0 Å². The van der Waals surface area contributed by atoms with Crippen molar-refractivity contribution in [1.82, 2.24) is 25.0 Å². The molecule has 27 heavy (non-hydrogen) atoms. The van der Waals surface area contributed by atoms with E-state index < -0.39 is 14.6 Å². The molecular weight excluding hydrogens is 479 g/mol. The van der Waals surface area contributed by atoms with Crippen LogP contribution in [0.3, 0.4) is 0 Å². The zero-order chi connectivity index (χ0) is 18.8. The first-order valence-electron chi connectivity index (χ1n) is 8.44. The van der Waals surface area contributed by atoms with Crippen LogP contribution in [0.1, 0.15) is 19.4 Å². The summed E-state index contributed by atoms with van der Waals surface area (Å²) in [4.78, 5) is 10.3. The van der Waals surface area contributed by atoms with Crippen molar-refractivity contribution in [2.45, 2.75) is 25.1 Å². The molecule has 1 saturated heterocycles. The van der Waals surface area contributed by atoms with E-state index in [2.05, 4.69) is 20.4 Å².